The van der Waals surface area contributed by atoms with E-state index < -0.39 is 5.54 Å². The van der Waals surface area contributed by atoms with Crippen LogP contribution in [0.1, 0.15) is 25.8 Å². The molecule has 0 saturated heterocycles. The predicted molar refractivity (Wildman–Crippen MR) is 68.6 cm³/mol. The van der Waals surface area contributed by atoms with Crippen LogP contribution in [0.2, 0.25) is 0 Å². The summed E-state index contributed by atoms with van der Waals surface area (Å²) in [4.78, 5) is 0. The van der Waals surface area contributed by atoms with Gasteiger partial charge in [-0.1, -0.05) is 6.07 Å². The molecule has 4 nitrogen and oxygen atoms in total. The average Bonchev–Trinajstić information content (AvgIpc) is 2.61. The summed E-state index contributed by atoms with van der Waals surface area (Å²) in [5, 5.41) is 12.1. The summed E-state index contributed by atoms with van der Waals surface area (Å²) >= 11 is 0. The summed E-state index contributed by atoms with van der Waals surface area (Å²) in [5.74, 6) is 1.59. The van der Waals surface area contributed by atoms with Crippen molar-refractivity contribution in [1.29, 1.82) is 5.26 Å². The van der Waals surface area contributed by atoms with Gasteiger partial charge < -0.3 is 9.47 Å². The Morgan fingerprint density at radius 3 is 2.72 bits per heavy atom. The number of hydrogen-bond donors (Lipinski definition) is 1. The minimum absolute atomic E-state index is 0.524. The van der Waals surface area contributed by atoms with Crippen LogP contribution in [0, 0.1) is 11.3 Å². The highest BCUT2D eigenvalue weighted by atomic mass is 16.5. The summed E-state index contributed by atoms with van der Waals surface area (Å²) in [7, 11) is 0. The van der Waals surface area contributed by atoms with Crippen molar-refractivity contribution in [3.8, 4) is 17.6 Å². The van der Waals surface area contributed by atoms with Crippen molar-refractivity contribution in [1.82, 2.24) is 5.32 Å². The summed E-state index contributed by atoms with van der Waals surface area (Å²) in [6.45, 7) is 5.74. The van der Waals surface area contributed by atoms with E-state index in [1.54, 1.807) is 0 Å². The monoisotopic (exact) mass is 246 g/mol. The lowest BCUT2D eigenvalue weighted by Gasteiger charge is -2.18. The largest absolute Gasteiger partial charge is 0.490 e. The van der Waals surface area contributed by atoms with Crippen LogP contribution in [-0.4, -0.2) is 18.8 Å². The quantitative estimate of drug-likeness (QED) is 0.888. The molecule has 1 aromatic rings. The number of benzene rings is 1. The van der Waals surface area contributed by atoms with Gasteiger partial charge in [-0.15, -0.1) is 0 Å². The van der Waals surface area contributed by atoms with Crippen LogP contribution in [0.3, 0.4) is 0 Å². The van der Waals surface area contributed by atoms with Gasteiger partial charge in [0.25, 0.3) is 0 Å². The highest BCUT2D eigenvalue weighted by Crippen LogP contribution is 2.30. The van der Waals surface area contributed by atoms with Gasteiger partial charge in [-0.3, -0.25) is 5.32 Å². The highest BCUT2D eigenvalue weighted by molar-refractivity contribution is 5.43. The first-order chi connectivity index (χ1) is 8.61. The Morgan fingerprint density at radius 1 is 1.28 bits per heavy atom. The second-order valence-corrected chi connectivity index (χ2v) is 4.92. The van der Waals surface area contributed by atoms with Crippen LogP contribution in [0.4, 0.5) is 0 Å². The van der Waals surface area contributed by atoms with Crippen molar-refractivity contribution >= 4 is 0 Å². The van der Waals surface area contributed by atoms with E-state index in [9.17, 15) is 0 Å². The van der Waals surface area contributed by atoms with E-state index in [-0.39, 0.29) is 0 Å². The molecule has 96 valence electrons. The zero-order chi connectivity index (χ0) is 13.0. The second-order valence-electron chi connectivity index (χ2n) is 4.92. The van der Waals surface area contributed by atoms with Gasteiger partial charge in [0, 0.05) is 13.0 Å². The molecule has 0 aromatic heterocycles. The number of hydrogen-bond acceptors (Lipinski definition) is 4. The van der Waals surface area contributed by atoms with Crippen LogP contribution in [0.5, 0.6) is 11.5 Å². The Labute approximate surface area is 108 Å². The third kappa shape index (κ3) is 3.14. The summed E-state index contributed by atoms with van der Waals surface area (Å²) in [6, 6.07) is 8.11. The molecular weight excluding hydrogens is 228 g/mol. The Kier molecular flexibility index (Phi) is 3.73. The molecule has 0 radical (unpaired) electrons. The van der Waals surface area contributed by atoms with Crippen molar-refractivity contribution in [3.05, 3.63) is 23.8 Å². The van der Waals surface area contributed by atoms with E-state index in [0.29, 0.717) is 19.8 Å². The van der Waals surface area contributed by atoms with Crippen molar-refractivity contribution in [2.75, 3.05) is 13.2 Å². The maximum Gasteiger partial charge on any atom is 0.161 e. The smallest absolute Gasteiger partial charge is 0.161 e. The first-order valence-electron chi connectivity index (χ1n) is 6.15. The first kappa shape index (κ1) is 12.7. The van der Waals surface area contributed by atoms with Crippen molar-refractivity contribution in [2.45, 2.75) is 32.4 Å². The fraction of sp³-hybridized carbons (Fsp3) is 0.500. The molecule has 0 unspecified atom stereocenters. The number of fused-ring (bicyclic) bond motifs is 1. The Hall–Kier alpha value is -1.73. The Bertz CT molecular complexity index is 463. The second kappa shape index (κ2) is 5.28. The van der Waals surface area contributed by atoms with Gasteiger partial charge in [-0.25, -0.2) is 0 Å². The summed E-state index contributed by atoms with van der Waals surface area (Å²) < 4.78 is 11.2. The highest BCUT2D eigenvalue weighted by Gasteiger charge is 2.16. The minimum atomic E-state index is -0.524. The molecule has 2 rings (SSSR count). The normalized spacial score (nSPS) is 14.7. The number of rotatable bonds is 3. The van der Waals surface area contributed by atoms with Crippen molar-refractivity contribution in [3.63, 3.8) is 0 Å². The van der Waals surface area contributed by atoms with Gasteiger partial charge in [-0.2, -0.15) is 5.26 Å². The Morgan fingerprint density at radius 2 is 2.00 bits per heavy atom. The van der Waals surface area contributed by atoms with Crippen LogP contribution in [0.25, 0.3) is 0 Å². The zero-order valence-electron chi connectivity index (χ0n) is 10.8. The van der Waals surface area contributed by atoms with Gasteiger partial charge in [0.2, 0.25) is 0 Å². The molecule has 1 heterocycles. The minimum Gasteiger partial charge on any atom is -0.490 e. The molecule has 1 N–H and O–H groups in total. The molecule has 0 fully saturated rings. The first-order valence-corrected chi connectivity index (χ1v) is 6.15. The zero-order valence-corrected chi connectivity index (χ0v) is 10.8. The number of nitriles is 1. The molecule has 18 heavy (non-hydrogen) atoms. The molecule has 0 bridgehead atoms. The van der Waals surface area contributed by atoms with Crippen LogP contribution < -0.4 is 14.8 Å². The molecule has 4 heteroatoms. The predicted octanol–water partition coefficient (Wildman–Crippen LogP) is 2.24. The van der Waals surface area contributed by atoms with Gasteiger partial charge in [0.15, 0.2) is 11.5 Å². The molecule has 0 amide bonds. The SMILES string of the molecule is CC(C)(C#N)NCc1ccc2c(c1)OCCCO2. The molecule has 1 aromatic carbocycles. The van der Waals surface area contributed by atoms with E-state index in [4.69, 9.17) is 14.7 Å². The lowest BCUT2D eigenvalue weighted by Crippen LogP contribution is -2.36. The molecule has 0 aliphatic carbocycles. The fourth-order valence-corrected chi connectivity index (χ4v) is 1.68. The standard InChI is InChI=1S/C14H18N2O2/c1-14(2,10-15)16-9-11-4-5-12-13(8-11)18-7-3-6-17-12/h4-5,8,16H,3,6-7,9H2,1-2H3. The molecular formula is C14H18N2O2. The van der Waals surface area contributed by atoms with E-state index >= 15 is 0 Å². The van der Waals surface area contributed by atoms with E-state index in [2.05, 4.69) is 11.4 Å². The van der Waals surface area contributed by atoms with Crippen LogP contribution in [0.15, 0.2) is 18.2 Å². The van der Waals surface area contributed by atoms with Gasteiger partial charge in [0.1, 0.15) is 5.54 Å². The number of nitrogens with one attached hydrogen (secondary N) is 1. The van der Waals surface area contributed by atoms with E-state index in [1.165, 1.54) is 0 Å². The fourth-order valence-electron chi connectivity index (χ4n) is 1.68. The molecule has 0 spiro atoms. The molecule has 1 aliphatic rings. The molecule has 0 saturated carbocycles. The maximum atomic E-state index is 8.94. The molecule has 1 aliphatic heterocycles. The lowest BCUT2D eigenvalue weighted by atomic mass is 10.1. The van der Waals surface area contributed by atoms with Gasteiger partial charge in [0.05, 0.1) is 19.3 Å². The lowest BCUT2D eigenvalue weighted by molar-refractivity contribution is 0.297. The van der Waals surface area contributed by atoms with Gasteiger partial charge in [-0.05, 0) is 31.5 Å². The Balaban J connectivity index is 2.07. The average molecular weight is 246 g/mol. The maximum absolute atomic E-state index is 8.94. The van der Waals surface area contributed by atoms with Crippen LogP contribution >= 0.6 is 0 Å². The van der Waals surface area contributed by atoms with E-state index in [0.717, 1.165) is 23.5 Å². The molecule has 0 atom stereocenters. The van der Waals surface area contributed by atoms with Gasteiger partial charge >= 0.3 is 0 Å². The van der Waals surface area contributed by atoms with Crippen LogP contribution in [-0.2, 0) is 6.54 Å². The van der Waals surface area contributed by atoms with Crippen molar-refractivity contribution < 1.29 is 9.47 Å². The number of ether oxygens (including phenoxy) is 2. The summed E-state index contributed by atoms with van der Waals surface area (Å²) in [6.07, 6.45) is 0.906. The topological polar surface area (TPSA) is 54.3 Å². The van der Waals surface area contributed by atoms with Crippen molar-refractivity contribution in [2.24, 2.45) is 0 Å². The third-order valence-corrected chi connectivity index (χ3v) is 2.83. The third-order valence-electron chi connectivity index (χ3n) is 2.83. The summed E-state index contributed by atoms with van der Waals surface area (Å²) in [5.41, 5.74) is 0.562. The number of nitrogens with zero attached hydrogens (tertiary/aromatic N) is 1. The van der Waals surface area contributed by atoms with E-state index in [1.807, 2.05) is 32.0 Å².